The van der Waals surface area contributed by atoms with Crippen LogP contribution < -0.4 is 5.73 Å². The molecule has 4 fully saturated rings. The summed E-state index contributed by atoms with van der Waals surface area (Å²) in [6, 6.07) is 0.285. The normalized spacial score (nSPS) is 40.2. The fraction of sp³-hybridized carbons (Fsp3) is 0.824. The Bertz CT molecular complexity index is 455. The van der Waals surface area contributed by atoms with Crippen LogP contribution in [0, 0.1) is 30.1 Å². The molecule has 3 N–H and O–H groups in total. The molecular formula is C17H27N3. The van der Waals surface area contributed by atoms with E-state index in [2.05, 4.69) is 16.9 Å². The lowest BCUT2D eigenvalue weighted by molar-refractivity contribution is -0.0603. The fourth-order valence-electron chi connectivity index (χ4n) is 6.01. The summed E-state index contributed by atoms with van der Waals surface area (Å²) in [5.41, 5.74) is 9.45. The van der Waals surface area contributed by atoms with E-state index >= 15 is 0 Å². The van der Waals surface area contributed by atoms with Crippen molar-refractivity contribution >= 4 is 0 Å². The summed E-state index contributed by atoms with van der Waals surface area (Å²) in [7, 11) is 0. The van der Waals surface area contributed by atoms with Gasteiger partial charge in [0.2, 0.25) is 0 Å². The molecule has 0 aliphatic heterocycles. The zero-order valence-corrected chi connectivity index (χ0v) is 12.6. The Morgan fingerprint density at radius 1 is 1.25 bits per heavy atom. The summed E-state index contributed by atoms with van der Waals surface area (Å²) in [5.74, 6) is 3.08. The first-order chi connectivity index (χ1) is 9.62. The van der Waals surface area contributed by atoms with Crippen LogP contribution in [0.25, 0.3) is 0 Å². The minimum absolute atomic E-state index is 0.285. The number of rotatable bonds is 4. The van der Waals surface area contributed by atoms with Gasteiger partial charge in [0, 0.05) is 18.2 Å². The van der Waals surface area contributed by atoms with Crippen molar-refractivity contribution in [1.82, 2.24) is 9.97 Å². The van der Waals surface area contributed by atoms with Crippen LogP contribution in [0.4, 0.5) is 0 Å². The minimum Gasteiger partial charge on any atom is -0.348 e. The number of nitrogens with two attached hydrogens (primary N) is 1. The van der Waals surface area contributed by atoms with E-state index in [0.717, 1.165) is 24.2 Å². The van der Waals surface area contributed by atoms with Crippen LogP contribution in [0.3, 0.4) is 0 Å². The summed E-state index contributed by atoms with van der Waals surface area (Å²) in [5, 5.41) is 0. The van der Waals surface area contributed by atoms with E-state index in [0.29, 0.717) is 5.41 Å². The van der Waals surface area contributed by atoms with E-state index in [1.54, 1.807) is 6.33 Å². The molecule has 0 spiro atoms. The monoisotopic (exact) mass is 273 g/mol. The molecule has 0 saturated heterocycles. The van der Waals surface area contributed by atoms with Gasteiger partial charge in [0.15, 0.2) is 0 Å². The molecule has 4 aliphatic carbocycles. The molecule has 1 heterocycles. The van der Waals surface area contributed by atoms with Gasteiger partial charge in [-0.15, -0.1) is 0 Å². The summed E-state index contributed by atoms with van der Waals surface area (Å²) >= 11 is 0. The molecule has 0 aromatic carbocycles. The lowest BCUT2D eigenvalue weighted by atomic mass is 9.48. The van der Waals surface area contributed by atoms with E-state index in [9.17, 15) is 0 Å². The Morgan fingerprint density at radius 2 is 1.85 bits per heavy atom. The Balaban J connectivity index is 1.44. The maximum Gasteiger partial charge on any atom is 0.0925 e. The highest BCUT2D eigenvalue weighted by Crippen LogP contribution is 2.61. The van der Waals surface area contributed by atoms with Gasteiger partial charge >= 0.3 is 0 Å². The van der Waals surface area contributed by atoms with Crippen LogP contribution in [-0.4, -0.2) is 16.0 Å². The Labute approximate surface area is 121 Å². The molecule has 4 saturated carbocycles. The average Bonchev–Trinajstić information content (AvgIpc) is 2.72. The summed E-state index contributed by atoms with van der Waals surface area (Å²) in [6.07, 6.45) is 12.9. The Kier molecular flexibility index (Phi) is 2.95. The van der Waals surface area contributed by atoms with E-state index < -0.39 is 0 Å². The van der Waals surface area contributed by atoms with Crippen molar-refractivity contribution in [2.45, 2.75) is 64.3 Å². The van der Waals surface area contributed by atoms with Crippen LogP contribution in [0.5, 0.6) is 0 Å². The van der Waals surface area contributed by atoms with Gasteiger partial charge in [0.05, 0.1) is 12.0 Å². The second-order valence-corrected chi connectivity index (χ2v) is 8.06. The van der Waals surface area contributed by atoms with E-state index in [-0.39, 0.29) is 6.04 Å². The Morgan fingerprint density at radius 3 is 2.35 bits per heavy atom. The molecular weight excluding hydrogens is 246 g/mol. The number of imidazole rings is 1. The van der Waals surface area contributed by atoms with Crippen molar-refractivity contribution in [2.75, 3.05) is 0 Å². The second-order valence-electron chi connectivity index (χ2n) is 8.06. The number of nitrogens with zero attached hydrogens (tertiary/aromatic N) is 1. The number of hydrogen-bond acceptors (Lipinski definition) is 2. The smallest absolute Gasteiger partial charge is 0.0925 e. The third-order valence-corrected chi connectivity index (χ3v) is 6.25. The quantitative estimate of drug-likeness (QED) is 0.885. The Hall–Kier alpha value is -0.830. The first-order valence-corrected chi connectivity index (χ1v) is 8.36. The fourth-order valence-corrected chi connectivity index (χ4v) is 6.01. The van der Waals surface area contributed by atoms with Crippen LogP contribution in [0.15, 0.2) is 6.33 Å². The number of nitrogens with one attached hydrogen (secondary N) is 1. The van der Waals surface area contributed by atoms with E-state index in [4.69, 9.17) is 5.73 Å². The third-order valence-electron chi connectivity index (χ3n) is 6.25. The molecule has 1 aromatic heterocycles. The zero-order chi connectivity index (χ0) is 13.7. The van der Waals surface area contributed by atoms with Crippen molar-refractivity contribution in [1.29, 1.82) is 0 Å². The van der Waals surface area contributed by atoms with Crippen molar-refractivity contribution in [3.63, 3.8) is 0 Å². The predicted molar refractivity (Wildman–Crippen MR) is 80.2 cm³/mol. The van der Waals surface area contributed by atoms with Gasteiger partial charge in [-0.05, 0) is 75.0 Å². The maximum atomic E-state index is 6.50. The number of hydrogen-bond donors (Lipinski definition) is 2. The lowest BCUT2D eigenvalue weighted by Gasteiger charge is -2.57. The van der Waals surface area contributed by atoms with Gasteiger partial charge < -0.3 is 10.7 Å². The van der Waals surface area contributed by atoms with Gasteiger partial charge in [-0.25, -0.2) is 4.98 Å². The summed E-state index contributed by atoms with van der Waals surface area (Å²) < 4.78 is 0. The van der Waals surface area contributed by atoms with Crippen LogP contribution in [0.2, 0.25) is 0 Å². The summed E-state index contributed by atoms with van der Waals surface area (Å²) in [6.45, 7) is 2.10. The highest BCUT2D eigenvalue weighted by molar-refractivity contribution is 5.11. The summed E-state index contributed by atoms with van der Waals surface area (Å²) in [4.78, 5) is 7.58. The highest BCUT2D eigenvalue weighted by Gasteiger charge is 2.50. The van der Waals surface area contributed by atoms with Crippen molar-refractivity contribution in [2.24, 2.45) is 28.9 Å². The first-order valence-electron chi connectivity index (χ1n) is 8.36. The molecule has 4 aliphatic rings. The van der Waals surface area contributed by atoms with E-state index in [1.807, 2.05) is 0 Å². The second kappa shape index (κ2) is 4.59. The van der Waals surface area contributed by atoms with Crippen LogP contribution in [-0.2, 0) is 6.42 Å². The lowest BCUT2D eigenvalue weighted by Crippen LogP contribution is -2.48. The molecule has 1 aromatic rings. The van der Waals surface area contributed by atoms with Gasteiger partial charge in [-0.1, -0.05) is 0 Å². The average molecular weight is 273 g/mol. The molecule has 0 radical (unpaired) electrons. The van der Waals surface area contributed by atoms with Gasteiger partial charge in [-0.3, -0.25) is 0 Å². The minimum atomic E-state index is 0.285. The maximum absolute atomic E-state index is 6.50. The van der Waals surface area contributed by atoms with Gasteiger partial charge in [-0.2, -0.15) is 0 Å². The zero-order valence-electron chi connectivity index (χ0n) is 12.6. The van der Waals surface area contributed by atoms with E-state index in [1.165, 1.54) is 56.3 Å². The SMILES string of the molecule is Cc1[nH]cnc1CC(N)CC12CC3CC(CC(C3)C1)C2. The topological polar surface area (TPSA) is 54.7 Å². The van der Waals surface area contributed by atoms with Crippen molar-refractivity contribution < 1.29 is 0 Å². The molecule has 1 atom stereocenters. The molecule has 110 valence electrons. The number of aromatic amines is 1. The van der Waals surface area contributed by atoms with Gasteiger partial charge in [0.1, 0.15) is 0 Å². The number of aromatic nitrogens is 2. The highest BCUT2D eigenvalue weighted by atomic mass is 14.9. The molecule has 0 amide bonds. The molecule has 20 heavy (non-hydrogen) atoms. The first kappa shape index (κ1) is 12.9. The molecule has 3 nitrogen and oxygen atoms in total. The standard InChI is InChI=1S/C17H27N3/c1-11-16(20-10-19-11)5-15(18)9-17-6-12-2-13(7-17)4-14(3-12)8-17/h10,12-15H,2-9,18H2,1H3,(H,19,20). The third kappa shape index (κ3) is 2.20. The molecule has 1 unspecified atom stereocenters. The molecule has 3 heteroatoms. The number of aryl methyl sites for hydroxylation is 1. The molecule has 5 rings (SSSR count). The van der Waals surface area contributed by atoms with Crippen molar-refractivity contribution in [3.05, 3.63) is 17.7 Å². The largest absolute Gasteiger partial charge is 0.348 e. The van der Waals surface area contributed by atoms with Crippen LogP contribution in [0.1, 0.15) is 56.3 Å². The number of H-pyrrole nitrogens is 1. The van der Waals surface area contributed by atoms with Crippen molar-refractivity contribution in [3.8, 4) is 0 Å². The van der Waals surface area contributed by atoms with Gasteiger partial charge in [0.25, 0.3) is 0 Å². The predicted octanol–water partition coefficient (Wildman–Crippen LogP) is 3.19. The molecule has 4 bridgehead atoms. The van der Waals surface area contributed by atoms with Crippen LogP contribution >= 0.6 is 0 Å².